The van der Waals surface area contributed by atoms with Crippen LogP contribution in [-0.2, 0) is 0 Å². The summed E-state index contributed by atoms with van der Waals surface area (Å²) in [5.41, 5.74) is 2.58. The summed E-state index contributed by atoms with van der Waals surface area (Å²) in [6.07, 6.45) is 3.45. The molecule has 0 aliphatic heterocycles. The summed E-state index contributed by atoms with van der Waals surface area (Å²) in [5.74, 6) is 0. The van der Waals surface area contributed by atoms with Crippen molar-refractivity contribution in [2.45, 2.75) is 0 Å². The number of hydrogen-bond donors (Lipinski definition) is 2. The first-order chi connectivity index (χ1) is 7.27. The van der Waals surface area contributed by atoms with Gasteiger partial charge in [0.2, 0.25) is 0 Å². The van der Waals surface area contributed by atoms with Crippen molar-refractivity contribution in [3.63, 3.8) is 0 Å². The number of rotatable bonds is 2. The molecule has 15 heavy (non-hydrogen) atoms. The first kappa shape index (κ1) is 9.89. The normalized spacial score (nSPS) is 10.0. The highest BCUT2D eigenvalue weighted by Gasteiger charge is 2.09. The topological polar surface area (TPSA) is 53.4 Å². The zero-order chi connectivity index (χ0) is 10.7. The molecule has 4 heteroatoms. The Morgan fingerprint density at radius 1 is 0.800 bits per heavy atom. The summed E-state index contributed by atoms with van der Waals surface area (Å²) in [6, 6.07) is 10.9. The molecule has 0 aliphatic rings. The van der Waals surface area contributed by atoms with Gasteiger partial charge in [-0.05, 0) is 28.7 Å². The molecule has 0 amide bonds. The Labute approximate surface area is 88.2 Å². The molecule has 0 fully saturated rings. The Morgan fingerprint density at radius 2 is 1.33 bits per heavy atom. The SMILES string of the molecule is OB(O)c1ccc(-c2ccncc2)cc1. The smallest absolute Gasteiger partial charge is 0.423 e. The van der Waals surface area contributed by atoms with Gasteiger partial charge in [0.15, 0.2) is 0 Å². The molecule has 1 aromatic heterocycles. The Hall–Kier alpha value is -1.65. The van der Waals surface area contributed by atoms with Crippen molar-refractivity contribution in [1.82, 2.24) is 4.98 Å². The number of pyridine rings is 1. The van der Waals surface area contributed by atoms with Gasteiger partial charge in [-0.25, -0.2) is 0 Å². The minimum atomic E-state index is -1.41. The van der Waals surface area contributed by atoms with Crippen molar-refractivity contribution in [2.24, 2.45) is 0 Å². The van der Waals surface area contributed by atoms with Crippen LogP contribution in [0.4, 0.5) is 0 Å². The van der Waals surface area contributed by atoms with Crippen LogP contribution in [-0.4, -0.2) is 22.2 Å². The second-order valence-corrected chi connectivity index (χ2v) is 3.23. The molecule has 0 spiro atoms. The predicted octanol–water partition coefficient (Wildman–Crippen LogP) is 0.428. The number of benzene rings is 1. The lowest BCUT2D eigenvalue weighted by atomic mass is 9.80. The third-order valence-electron chi connectivity index (χ3n) is 2.22. The van der Waals surface area contributed by atoms with Crippen molar-refractivity contribution in [3.8, 4) is 11.1 Å². The van der Waals surface area contributed by atoms with Crippen molar-refractivity contribution < 1.29 is 10.0 Å². The van der Waals surface area contributed by atoms with E-state index < -0.39 is 7.12 Å². The highest BCUT2D eigenvalue weighted by Crippen LogP contribution is 2.16. The van der Waals surface area contributed by atoms with Gasteiger partial charge in [-0.15, -0.1) is 0 Å². The molecule has 2 rings (SSSR count). The average Bonchev–Trinajstić information content (AvgIpc) is 2.30. The number of hydrogen-bond acceptors (Lipinski definition) is 3. The summed E-state index contributed by atoms with van der Waals surface area (Å²) in [5, 5.41) is 17.9. The van der Waals surface area contributed by atoms with E-state index in [-0.39, 0.29) is 0 Å². The summed E-state index contributed by atoms with van der Waals surface area (Å²) in [6.45, 7) is 0. The lowest BCUT2D eigenvalue weighted by molar-refractivity contribution is 0.426. The van der Waals surface area contributed by atoms with Crippen molar-refractivity contribution in [3.05, 3.63) is 48.8 Å². The Kier molecular flexibility index (Phi) is 2.80. The van der Waals surface area contributed by atoms with Gasteiger partial charge in [0.1, 0.15) is 0 Å². The van der Waals surface area contributed by atoms with Crippen LogP contribution in [0, 0.1) is 0 Å². The second-order valence-electron chi connectivity index (χ2n) is 3.23. The monoisotopic (exact) mass is 199 g/mol. The molecule has 3 nitrogen and oxygen atoms in total. The van der Waals surface area contributed by atoms with E-state index in [2.05, 4.69) is 4.98 Å². The summed E-state index contributed by atoms with van der Waals surface area (Å²) >= 11 is 0. The van der Waals surface area contributed by atoms with Crippen LogP contribution >= 0.6 is 0 Å². The maximum Gasteiger partial charge on any atom is 0.488 e. The quantitative estimate of drug-likeness (QED) is 0.689. The molecule has 2 N–H and O–H groups in total. The molecule has 1 aromatic carbocycles. The molecule has 0 aliphatic carbocycles. The van der Waals surface area contributed by atoms with Gasteiger partial charge < -0.3 is 10.0 Å². The van der Waals surface area contributed by atoms with Crippen LogP contribution in [0.5, 0.6) is 0 Å². The fourth-order valence-corrected chi connectivity index (χ4v) is 1.39. The third-order valence-corrected chi connectivity index (χ3v) is 2.22. The minimum absolute atomic E-state index is 0.493. The van der Waals surface area contributed by atoms with E-state index in [0.717, 1.165) is 11.1 Å². The van der Waals surface area contributed by atoms with Gasteiger partial charge in [-0.1, -0.05) is 24.3 Å². The summed E-state index contributed by atoms with van der Waals surface area (Å²) in [7, 11) is -1.41. The average molecular weight is 199 g/mol. The largest absolute Gasteiger partial charge is 0.488 e. The van der Waals surface area contributed by atoms with E-state index >= 15 is 0 Å². The maximum absolute atomic E-state index is 8.93. The van der Waals surface area contributed by atoms with E-state index in [1.807, 2.05) is 24.3 Å². The lowest BCUT2D eigenvalue weighted by Crippen LogP contribution is -2.29. The van der Waals surface area contributed by atoms with Gasteiger partial charge >= 0.3 is 7.12 Å². The van der Waals surface area contributed by atoms with Crippen molar-refractivity contribution in [1.29, 1.82) is 0 Å². The highest BCUT2D eigenvalue weighted by molar-refractivity contribution is 6.58. The van der Waals surface area contributed by atoms with Crippen LogP contribution in [0.15, 0.2) is 48.8 Å². The Balaban J connectivity index is 2.32. The minimum Gasteiger partial charge on any atom is -0.423 e. The van der Waals surface area contributed by atoms with Crippen LogP contribution in [0.2, 0.25) is 0 Å². The molecule has 74 valence electrons. The Morgan fingerprint density at radius 3 is 1.87 bits per heavy atom. The molecule has 0 atom stereocenters. The van der Waals surface area contributed by atoms with E-state index in [1.54, 1.807) is 24.5 Å². The fraction of sp³-hybridized carbons (Fsp3) is 0. The third kappa shape index (κ3) is 2.23. The zero-order valence-corrected chi connectivity index (χ0v) is 8.04. The molecule has 0 bridgehead atoms. The molecule has 0 saturated carbocycles. The molecular formula is C11H10BNO2. The first-order valence-corrected chi connectivity index (χ1v) is 4.64. The fourth-order valence-electron chi connectivity index (χ4n) is 1.39. The molecular weight excluding hydrogens is 189 g/mol. The van der Waals surface area contributed by atoms with Gasteiger partial charge in [-0.3, -0.25) is 4.98 Å². The molecule has 0 radical (unpaired) electrons. The van der Waals surface area contributed by atoms with E-state index in [4.69, 9.17) is 10.0 Å². The van der Waals surface area contributed by atoms with Gasteiger partial charge in [0, 0.05) is 12.4 Å². The number of nitrogens with zero attached hydrogens (tertiary/aromatic N) is 1. The van der Waals surface area contributed by atoms with Crippen LogP contribution in [0.25, 0.3) is 11.1 Å². The Bertz CT molecular complexity index is 428. The van der Waals surface area contributed by atoms with E-state index in [0.29, 0.717) is 5.46 Å². The van der Waals surface area contributed by atoms with E-state index in [9.17, 15) is 0 Å². The van der Waals surface area contributed by atoms with Crippen molar-refractivity contribution in [2.75, 3.05) is 0 Å². The lowest BCUT2D eigenvalue weighted by Gasteiger charge is -2.03. The maximum atomic E-state index is 8.93. The van der Waals surface area contributed by atoms with Crippen molar-refractivity contribution >= 4 is 12.6 Å². The second kappa shape index (κ2) is 4.25. The molecule has 0 unspecified atom stereocenters. The van der Waals surface area contributed by atoms with Gasteiger partial charge in [0.25, 0.3) is 0 Å². The zero-order valence-electron chi connectivity index (χ0n) is 8.04. The summed E-state index contributed by atoms with van der Waals surface area (Å²) in [4.78, 5) is 3.94. The highest BCUT2D eigenvalue weighted by atomic mass is 16.4. The molecule has 0 saturated heterocycles. The predicted molar refractivity (Wildman–Crippen MR) is 59.5 cm³/mol. The van der Waals surface area contributed by atoms with Crippen LogP contribution in [0.1, 0.15) is 0 Å². The first-order valence-electron chi connectivity index (χ1n) is 4.64. The van der Waals surface area contributed by atoms with Crippen LogP contribution in [0.3, 0.4) is 0 Å². The molecule has 2 aromatic rings. The molecule has 1 heterocycles. The van der Waals surface area contributed by atoms with Gasteiger partial charge in [-0.2, -0.15) is 0 Å². The van der Waals surface area contributed by atoms with Gasteiger partial charge in [0.05, 0.1) is 0 Å². The number of aromatic nitrogens is 1. The standard InChI is InChI=1S/C11H10BNO2/c14-12(15)11-3-1-9(2-4-11)10-5-7-13-8-6-10/h1-8,14-15H. The van der Waals surface area contributed by atoms with Crippen LogP contribution < -0.4 is 5.46 Å². The van der Waals surface area contributed by atoms with E-state index in [1.165, 1.54) is 0 Å². The summed E-state index contributed by atoms with van der Waals surface area (Å²) < 4.78 is 0.